The van der Waals surface area contributed by atoms with Gasteiger partial charge in [0.15, 0.2) is 5.13 Å². The minimum atomic E-state index is -0.574. The first-order valence-corrected chi connectivity index (χ1v) is 7.72. The first-order valence-electron chi connectivity index (χ1n) is 6.84. The molecule has 1 heterocycles. The lowest BCUT2D eigenvalue weighted by molar-refractivity contribution is -0.131. The van der Waals surface area contributed by atoms with Gasteiger partial charge in [0.1, 0.15) is 6.04 Å². The minimum absolute atomic E-state index is 0.141. The van der Waals surface area contributed by atoms with Crippen molar-refractivity contribution in [2.45, 2.75) is 52.5 Å². The van der Waals surface area contributed by atoms with Gasteiger partial charge in [-0.3, -0.25) is 9.59 Å². The fourth-order valence-electron chi connectivity index (χ4n) is 1.60. The van der Waals surface area contributed by atoms with Gasteiger partial charge in [-0.2, -0.15) is 0 Å². The van der Waals surface area contributed by atoms with Gasteiger partial charge >= 0.3 is 0 Å². The van der Waals surface area contributed by atoms with Crippen LogP contribution in [0.3, 0.4) is 0 Å². The van der Waals surface area contributed by atoms with E-state index in [2.05, 4.69) is 15.6 Å². The van der Waals surface area contributed by atoms with Gasteiger partial charge in [0.25, 0.3) is 0 Å². The zero-order valence-electron chi connectivity index (χ0n) is 12.3. The van der Waals surface area contributed by atoms with Crippen LogP contribution in [0, 0.1) is 5.41 Å². The van der Waals surface area contributed by atoms with E-state index < -0.39 is 11.5 Å². The predicted octanol–water partition coefficient (Wildman–Crippen LogP) is 2.51. The predicted molar refractivity (Wildman–Crippen MR) is 79.8 cm³/mol. The van der Waals surface area contributed by atoms with Crippen LogP contribution in [0.15, 0.2) is 5.38 Å². The number of carbonyl (C=O) groups is 2. The molecule has 1 atom stereocenters. The Hall–Kier alpha value is -1.43. The van der Waals surface area contributed by atoms with Crippen molar-refractivity contribution >= 4 is 28.3 Å². The average Bonchev–Trinajstić information content (AvgIpc) is 3.09. The molecule has 20 heavy (non-hydrogen) atoms. The summed E-state index contributed by atoms with van der Waals surface area (Å²) in [5.74, 6) is 0.201. The maximum atomic E-state index is 12.0. The summed E-state index contributed by atoms with van der Waals surface area (Å²) < 4.78 is 0. The van der Waals surface area contributed by atoms with Crippen molar-refractivity contribution in [2.75, 3.05) is 5.32 Å². The van der Waals surface area contributed by atoms with Crippen LogP contribution in [-0.4, -0.2) is 22.8 Å². The second-order valence-corrected chi connectivity index (χ2v) is 7.14. The zero-order valence-corrected chi connectivity index (χ0v) is 13.1. The number of hydrogen-bond acceptors (Lipinski definition) is 4. The standard InChI is InChI=1S/C14H21N3O2S/c1-8(15-12(19)14(2,3)4)11(18)17-13-16-10(7-20-13)9-5-6-9/h7-9H,5-6H2,1-4H3,(H,15,19)(H,16,17,18). The largest absolute Gasteiger partial charge is 0.344 e. The van der Waals surface area contributed by atoms with Crippen LogP contribution < -0.4 is 10.6 Å². The molecule has 6 heteroatoms. The molecule has 2 amide bonds. The number of carbonyl (C=O) groups excluding carboxylic acids is 2. The Balaban J connectivity index is 1.88. The van der Waals surface area contributed by atoms with Crippen LogP contribution in [0.5, 0.6) is 0 Å². The van der Waals surface area contributed by atoms with Crippen molar-refractivity contribution in [3.8, 4) is 0 Å². The van der Waals surface area contributed by atoms with E-state index in [4.69, 9.17) is 0 Å². The molecular weight excluding hydrogens is 274 g/mol. The first kappa shape index (κ1) is 15.0. The molecule has 1 saturated carbocycles. The molecule has 2 rings (SSSR count). The number of thiazole rings is 1. The summed E-state index contributed by atoms with van der Waals surface area (Å²) >= 11 is 1.43. The second kappa shape index (κ2) is 5.52. The molecule has 0 spiro atoms. The molecule has 0 aromatic carbocycles. The average molecular weight is 295 g/mol. The highest BCUT2D eigenvalue weighted by atomic mass is 32.1. The molecule has 5 nitrogen and oxygen atoms in total. The summed E-state index contributed by atoms with van der Waals surface area (Å²) in [5.41, 5.74) is 0.561. The van der Waals surface area contributed by atoms with Gasteiger partial charge in [-0.05, 0) is 19.8 Å². The monoisotopic (exact) mass is 295 g/mol. The summed E-state index contributed by atoms with van der Waals surface area (Å²) in [5, 5.41) is 8.06. The maximum Gasteiger partial charge on any atom is 0.248 e. The van der Waals surface area contributed by atoms with Gasteiger partial charge in [-0.25, -0.2) is 4.98 Å². The van der Waals surface area contributed by atoms with E-state index in [1.165, 1.54) is 24.2 Å². The fourth-order valence-corrected chi connectivity index (χ4v) is 2.40. The molecule has 0 radical (unpaired) electrons. The molecule has 1 aliphatic carbocycles. The lowest BCUT2D eigenvalue weighted by Crippen LogP contribution is -2.46. The van der Waals surface area contributed by atoms with E-state index in [-0.39, 0.29) is 11.8 Å². The van der Waals surface area contributed by atoms with Gasteiger partial charge in [0, 0.05) is 16.7 Å². The van der Waals surface area contributed by atoms with Crippen molar-refractivity contribution in [1.29, 1.82) is 0 Å². The highest BCUT2D eigenvalue weighted by molar-refractivity contribution is 7.13. The molecule has 0 bridgehead atoms. The second-order valence-electron chi connectivity index (χ2n) is 6.29. The van der Waals surface area contributed by atoms with E-state index in [9.17, 15) is 9.59 Å². The first-order chi connectivity index (χ1) is 9.27. The zero-order chi connectivity index (χ0) is 14.9. The summed E-state index contributed by atoms with van der Waals surface area (Å²) in [7, 11) is 0. The van der Waals surface area contributed by atoms with Gasteiger partial charge in [-0.1, -0.05) is 20.8 Å². The number of anilines is 1. The molecule has 1 aliphatic rings. The molecule has 110 valence electrons. The Bertz CT molecular complexity index is 515. The SMILES string of the molecule is CC(NC(=O)C(C)(C)C)C(=O)Nc1nc(C2CC2)cs1. The maximum absolute atomic E-state index is 12.0. The number of nitrogens with one attached hydrogen (secondary N) is 2. The minimum Gasteiger partial charge on any atom is -0.344 e. The summed E-state index contributed by atoms with van der Waals surface area (Å²) in [6.07, 6.45) is 2.38. The molecular formula is C14H21N3O2S. The lowest BCUT2D eigenvalue weighted by atomic mass is 9.95. The van der Waals surface area contributed by atoms with Crippen molar-refractivity contribution in [3.05, 3.63) is 11.1 Å². The smallest absolute Gasteiger partial charge is 0.248 e. The molecule has 1 aromatic rings. The summed E-state index contributed by atoms with van der Waals surface area (Å²) in [6, 6.07) is -0.574. The highest BCUT2D eigenvalue weighted by Gasteiger charge is 2.27. The number of aromatic nitrogens is 1. The van der Waals surface area contributed by atoms with Crippen LogP contribution in [0.1, 0.15) is 52.1 Å². The molecule has 1 fully saturated rings. The Morgan fingerprint density at radius 1 is 1.40 bits per heavy atom. The van der Waals surface area contributed by atoms with Crippen molar-refractivity contribution < 1.29 is 9.59 Å². The van der Waals surface area contributed by atoms with E-state index >= 15 is 0 Å². The van der Waals surface area contributed by atoms with Crippen LogP contribution in [0.25, 0.3) is 0 Å². The summed E-state index contributed by atoms with van der Waals surface area (Å²) in [6.45, 7) is 7.12. The van der Waals surface area contributed by atoms with Crippen LogP contribution in [-0.2, 0) is 9.59 Å². The third-order valence-corrected chi connectivity index (χ3v) is 3.95. The number of amides is 2. The highest BCUT2D eigenvalue weighted by Crippen LogP contribution is 2.40. The van der Waals surface area contributed by atoms with Crippen molar-refractivity contribution in [3.63, 3.8) is 0 Å². The number of nitrogens with zero attached hydrogens (tertiary/aromatic N) is 1. The third kappa shape index (κ3) is 3.79. The topological polar surface area (TPSA) is 71.1 Å². The summed E-state index contributed by atoms with van der Waals surface area (Å²) in [4.78, 5) is 28.2. The molecule has 0 aliphatic heterocycles. The third-order valence-electron chi connectivity index (χ3n) is 3.17. The van der Waals surface area contributed by atoms with Crippen LogP contribution in [0.4, 0.5) is 5.13 Å². The van der Waals surface area contributed by atoms with Gasteiger partial charge in [0.2, 0.25) is 11.8 Å². The molecule has 2 N–H and O–H groups in total. The van der Waals surface area contributed by atoms with Gasteiger partial charge in [0.05, 0.1) is 5.69 Å². The normalized spacial score (nSPS) is 16.6. The van der Waals surface area contributed by atoms with E-state index in [0.717, 1.165) is 5.69 Å². The Morgan fingerprint density at radius 3 is 2.60 bits per heavy atom. The lowest BCUT2D eigenvalue weighted by Gasteiger charge is -2.21. The van der Waals surface area contributed by atoms with Crippen molar-refractivity contribution in [2.24, 2.45) is 5.41 Å². The molecule has 0 saturated heterocycles. The number of hydrogen-bond donors (Lipinski definition) is 2. The molecule has 1 aromatic heterocycles. The van der Waals surface area contributed by atoms with Gasteiger partial charge in [-0.15, -0.1) is 11.3 Å². The molecule has 1 unspecified atom stereocenters. The van der Waals surface area contributed by atoms with E-state index in [1.807, 2.05) is 26.2 Å². The number of rotatable bonds is 4. The van der Waals surface area contributed by atoms with Crippen LogP contribution >= 0.6 is 11.3 Å². The van der Waals surface area contributed by atoms with Crippen molar-refractivity contribution in [1.82, 2.24) is 10.3 Å². The Kier molecular flexibility index (Phi) is 4.13. The Labute approximate surface area is 123 Å². The van der Waals surface area contributed by atoms with E-state index in [0.29, 0.717) is 11.0 Å². The Morgan fingerprint density at radius 2 is 2.05 bits per heavy atom. The van der Waals surface area contributed by atoms with Crippen LogP contribution in [0.2, 0.25) is 0 Å². The quantitative estimate of drug-likeness (QED) is 0.896. The fraction of sp³-hybridized carbons (Fsp3) is 0.643. The van der Waals surface area contributed by atoms with Gasteiger partial charge < -0.3 is 10.6 Å². The van der Waals surface area contributed by atoms with E-state index in [1.54, 1.807) is 6.92 Å².